The van der Waals surface area contributed by atoms with Crippen molar-refractivity contribution in [2.75, 3.05) is 11.9 Å². The number of primary amides is 1. The van der Waals surface area contributed by atoms with Crippen LogP contribution in [-0.4, -0.2) is 50.9 Å². The third-order valence-corrected chi connectivity index (χ3v) is 9.09. The summed E-state index contributed by atoms with van der Waals surface area (Å²) in [6, 6.07) is 2.87. The molecular weight excluding hydrogens is 683 g/mol. The number of fused-ring (bicyclic) bond motifs is 1. The molecule has 0 bridgehead atoms. The molecule has 49 heavy (non-hydrogen) atoms. The van der Waals surface area contributed by atoms with Crippen LogP contribution >= 0.6 is 0 Å². The van der Waals surface area contributed by atoms with Gasteiger partial charge in [-0.25, -0.2) is 19.0 Å². The molecule has 0 aliphatic carbocycles. The number of hydrogen-bond acceptors (Lipinski definition) is 8. The van der Waals surface area contributed by atoms with Gasteiger partial charge in [-0.3, -0.25) is 14.4 Å². The van der Waals surface area contributed by atoms with Crippen LogP contribution in [0.15, 0.2) is 52.6 Å². The van der Waals surface area contributed by atoms with Gasteiger partial charge in [-0.1, -0.05) is 19.6 Å². The summed E-state index contributed by atoms with van der Waals surface area (Å²) in [6.45, 7) is 5.93. The van der Waals surface area contributed by atoms with Crippen molar-refractivity contribution in [3.63, 3.8) is 0 Å². The maximum atomic E-state index is 15.0. The lowest BCUT2D eigenvalue weighted by molar-refractivity contribution is -0.139. The lowest BCUT2D eigenvalue weighted by Crippen LogP contribution is -2.39. The van der Waals surface area contributed by atoms with E-state index in [2.05, 4.69) is 40.0 Å². The first kappa shape index (κ1) is 37.2. The highest BCUT2D eigenvalue weighted by Gasteiger charge is 2.39. The summed E-state index contributed by atoms with van der Waals surface area (Å²) in [5.41, 5.74) is -0.385. The van der Waals surface area contributed by atoms with Crippen LogP contribution in [-0.2, 0) is 35.2 Å². The van der Waals surface area contributed by atoms with Gasteiger partial charge in [0.25, 0.3) is 11.1 Å². The Labute approximate surface area is 274 Å². The summed E-state index contributed by atoms with van der Waals surface area (Å²) in [4.78, 5) is 45.2. The highest BCUT2D eigenvalue weighted by Crippen LogP contribution is 2.33. The van der Waals surface area contributed by atoms with Crippen molar-refractivity contribution in [1.82, 2.24) is 24.3 Å². The van der Waals surface area contributed by atoms with Gasteiger partial charge in [-0.2, -0.15) is 31.4 Å². The fourth-order valence-electron chi connectivity index (χ4n) is 4.70. The Morgan fingerprint density at radius 2 is 1.69 bits per heavy atom. The van der Waals surface area contributed by atoms with Crippen molar-refractivity contribution < 1.29 is 40.3 Å². The zero-order valence-corrected chi connectivity index (χ0v) is 27.5. The van der Waals surface area contributed by atoms with Crippen molar-refractivity contribution in [3.8, 4) is 11.4 Å². The topological polar surface area (TPSA) is 147 Å². The van der Waals surface area contributed by atoms with Crippen molar-refractivity contribution in [2.45, 2.75) is 70.2 Å². The average Bonchev–Trinajstić information content (AvgIpc) is 2.99. The fraction of sp³-hybridized carbons (Fsp3) is 0.400. The van der Waals surface area contributed by atoms with Gasteiger partial charge >= 0.3 is 12.4 Å². The van der Waals surface area contributed by atoms with Gasteiger partial charge in [0, 0.05) is 39.8 Å². The van der Waals surface area contributed by atoms with Crippen molar-refractivity contribution in [3.05, 3.63) is 80.6 Å². The highest BCUT2D eigenvalue weighted by atomic mass is 28.3. The molecule has 264 valence electrons. The Bertz CT molecular complexity index is 1940. The van der Waals surface area contributed by atoms with Crippen LogP contribution in [0.25, 0.3) is 22.2 Å². The molecule has 1 amide bonds. The van der Waals surface area contributed by atoms with E-state index in [0.29, 0.717) is 17.1 Å². The van der Waals surface area contributed by atoms with Crippen LogP contribution in [0, 0.1) is 5.82 Å². The van der Waals surface area contributed by atoms with Crippen LogP contribution in [0.3, 0.4) is 0 Å². The van der Waals surface area contributed by atoms with E-state index in [1.54, 1.807) is 0 Å². The summed E-state index contributed by atoms with van der Waals surface area (Å²) < 4.78 is 103. The molecular formula is C30H32F7N7O4Si. The molecule has 1 atom stereocenters. The third kappa shape index (κ3) is 9.28. The second-order valence-electron chi connectivity index (χ2n) is 12.4. The number of carbonyl (C=O) groups excluding carboxylic acids is 1. The summed E-state index contributed by atoms with van der Waals surface area (Å²) >= 11 is 0. The third-order valence-electron chi connectivity index (χ3n) is 7.39. The molecule has 3 heterocycles. The Balaban J connectivity index is 1.48. The number of hydrogen-bond donors (Lipinski definition) is 2. The Kier molecular flexibility index (Phi) is 11.0. The lowest BCUT2D eigenvalue weighted by atomic mass is 10.1. The smallest absolute Gasteiger partial charge is 0.372 e. The van der Waals surface area contributed by atoms with Gasteiger partial charge in [-0.15, -0.1) is 0 Å². The van der Waals surface area contributed by atoms with E-state index in [1.165, 1.54) is 22.9 Å². The lowest BCUT2D eigenvalue weighted by Gasteiger charge is -2.21. The number of benzene rings is 1. The molecule has 4 rings (SSSR count). The molecule has 1 aromatic carbocycles. The van der Waals surface area contributed by atoms with E-state index in [9.17, 15) is 45.1 Å². The monoisotopic (exact) mass is 715 g/mol. The minimum atomic E-state index is -5.11. The van der Waals surface area contributed by atoms with E-state index in [-0.39, 0.29) is 48.2 Å². The Morgan fingerprint density at radius 3 is 2.29 bits per heavy atom. The molecule has 4 aromatic rings. The van der Waals surface area contributed by atoms with Crippen LogP contribution in [0.5, 0.6) is 0 Å². The van der Waals surface area contributed by atoms with Crippen LogP contribution in [0.4, 0.5) is 36.4 Å². The zero-order chi connectivity index (χ0) is 36.3. The SMILES string of the molecule is C[Si](C)(C)CCOCn1ncc(NC(CCCn2ccc3cc(-c4ncc(C(F)(F)F)cn4)c(F)cc3c2=O)C(N)=O)c(C(F)(F)F)c1=O. The van der Waals surface area contributed by atoms with Crippen molar-refractivity contribution in [2.24, 2.45) is 5.73 Å². The Morgan fingerprint density at radius 1 is 1.02 bits per heavy atom. The molecule has 0 saturated heterocycles. The molecule has 0 aliphatic heterocycles. The quantitative estimate of drug-likeness (QED) is 0.108. The number of nitrogens with two attached hydrogens (primary N) is 1. The van der Waals surface area contributed by atoms with E-state index < -0.39 is 72.9 Å². The van der Waals surface area contributed by atoms with Gasteiger partial charge in [0.05, 0.1) is 28.4 Å². The van der Waals surface area contributed by atoms with Crippen molar-refractivity contribution >= 4 is 30.4 Å². The first-order valence-corrected chi connectivity index (χ1v) is 18.5. The number of halogens is 7. The number of pyridine rings is 1. The standard InChI is InChI=1S/C30H32F7N7O4Si/c1-49(2,3)10-9-48-16-44-28(47)24(30(35,36)37)23(15-41-44)42-22(25(38)45)5-4-7-43-8-6-17-11-20(21(31)12-19(17)27(43)46)26-39-13-18(14-40-26)29(32,33)34/h6,8,11-15,22,42H,4-5,7,9-10,16H2,1-3H3,(H2,38,45). The number of anilines is 1. The van der Waals surface area contributed by atoms with Crippen LogP contribution in [0.1, 0.15) is 24.0 Å². The molecule has 3 aromatic heterocycles. The minimum absolute atomic E-state index is 0.0305. The number of ether oxygens (including phenoxy) is 1. The Hall–Kier alpha value is -4.65. The number of amides is 1. The van der Waals surface area contributed by atoms with Crippen LogP contribution < -0.4 is 22.2 Å². The molecule has 0 fully saturated rings. The van der Waals surface area contributed by atoms with Gasteiger partial charge in [0.2, 0.25) is 5.91 Å². The number of aryl methyl sites for hydroxylation is 1. The predicted octanol–water partition coefficient (Wildman–Crippen LogP) is 5.25. The van der Waals surface area contributed by atoms with Gasteiger partial charge in [0.1, 0.15) is 24.2 Å². The molecule has 3 N–H and O–H groups in total. The molecule has 11 nitrogen and oxygen atoms in total. The fourth-order valence-corrected chi connectivity index (χ4v) is 5.46. The predicted molar refractivity (Wildman–Crippen MR) is 168 cm³/mol. The second-order valence-corrected chi connectivity index (χ2v) is 18.0. The minimum Gasteiger partial charge on any atom is -0.372 e. The summed E-state index contributed by atoms with van der Waals surface area (Å²) in [6.07, 6.45) is -6.80. The summed E-state index contributed by atoms with van der Waals surface area (Å²) in [7, 11) is -1.49. The first-order valence-electron chi connectivity index (χ1n) is 14.8. The van der Waals surface area contributed by atoms with Crippen LogP contribution in [0.2, 0.25) is 25.7 Å². The summed E-state index contributed by atoms with van der Waals surface area (Å²) in [5, 5.41) is 6.28. The zero-order valence-electron chi connectivity index (χ0n) is 26.5. The number of nitrogens with zero attached hydrogens (tertiary/aromatic N) is 5. The molecule has 0 aliphatic rings. The average molecular weight is 716 g/mol. The molecule has 1 unspecified atom stereocenters. The van der Waals surface area contributed by atoms with Crippen molar-refractivity contribution in [1.29, 1.82) is 0 Å². The second kappa shape index (κ2) is 14.4. The van der Waals surface area contributed by atoms with Gasteiger partial charge in [0.15, 0.2) is 5.82 Å². The molecule has 19 heteroatoms. The summed E-state index contributed by atoms with van der Waals surface area (Å²) in [5.74, 6) is -2.32. The van der Waals surface area contributed by atoms with Gasteiger partial charge in [-0.05, 0) is 42.5 Å². The maximum absolute atomic E-state index is 15.0. The number of carbonyl (C=O) groups is 1. The largest absolute Gasteiger partial charge is 0.423 e. The molecule has 0 radical (unpaired) electrons. The number of rotatable bonds is 13. The number of aromatic nitrogens is 5. The number of alkyl halides is 6. The van der Waals surface area contributed by atoms with E-state index in [4.69, 9.17) is 10.5 Å². The van der Waals surface area contributed by atoms with E-state index >= 15 is 0 Å². The maximum Gasteiger partial charge on any atom is 0.423 e. The first-order chi connectivity index (χ1) is 22.8. The normalized spacial score (nSPS) is 13.1. The van der Waals surface area contributed by atoms with E-state index in [1.807, 2.05) is 0 Å². The van der Waals surface area contributed by atoms with E-state index in [0.717, 1.165) is 18.3 Å². The highest BCUT2D eigenvalue weighted by molar-refractivity contribution is 6.76. The number of nitrogens with one attached hydrogen (secondary N) is 1. The molecule has 0 saturated carbocycles. The molecule has 0 spiro atoms. The van der Waals surface area contributed by atoms with Gasteiger partial charge < -0.3 is 20.4 Å².